The van der Waals surface area contributed by atoms with Gasteiger partial charge in [0.2, 0.25) is 6.79 Å². The average molecular weight is 381 g/mol. The lowest BCUT2D eigenvalue weighted by Crippen LogP contribution is -2.35. The minimum atomic E-state index is -0.761. The molecule has 1 aromatic carbocycles. The molecule has 1 aliphatic carbocycles. The van der Waals surface area contributed by atoms with E-state index in [4.69, 9.17) is 9.47 Å². The molecule has 0 saturated carbocycles. The Morgan fingerprint density at radius 3 is 2.61 bits per heavy atom. The minimum Gasteiger partial charge on any atom is -0.454 e. The summed E-state index contributed by atoms with van der Waals surface area (Å²) in [6, 6.07) is 5.04. The first-order chi connectivity index (χ1) is 13.2. The Morgan fingerprint density at radius 2 is 1.96 bits per heavy atom. The number of ketones is 1. The first-order valence-electron chi connectivity index (χ1n) is 9.01. The number of hydrogen-bond donors (Lipinski definition) is 0. The minimum absolute atomic E-state index is 0.0240. The van der Waals surface area contributed by atoms with Crippen LogP contribution in [0.4, 0.5) is 5.69 Å². The van der Waals surface area contributed by atoms with Gasteiger partial charge in [-0.3, -0.25) is 19.9 Å². The molecule has 2 atom stereocenters. The van der Waals surface area contributed by atoms with E-state index in [2.05, 4.69) is 11.1 Å². The van der Waals surface area contributed by atoms with E-state index in [1.54, 1.807) is 6.92 Å². The van der Waals surface area contributed by atoms with Crippen LogP contribution in [0, 0.1) is 32.8 Å². The maximum atomic E-state index is 13.0. The van der Waals surface area contributed by atoms with Crippen molar-refractivity contribution < 1.29 is 19.2 Å². The zero-order chi connectivity index (χ0) is 20.2. The smallest absolute Gasteiger partial charge is 0.277 e. The van der Waals surface area contributed by atoms with Crippen LogP contribution >= 0.6 is 0 Å². The van der Waals surface area contributed by atoms with Gasteiger partial charge in [0.05, 0.1) is 23.0 Å². The summed E-state index contributed by atoms with van der Waals surface area (Å²) in [5, 5.41) is 21.6. The molecular weight excluding hydrogens is 362 g/mol. The molecule has 0 radical (unpaired) electrons. The van der Waals surface area contributed by atoms with Crippen LogP contribution in [-0.2, 0) is 4.79 Å². The van der Waals surface area contributed by atoms with Gasteiger partial charge in [-0.1, -0.05) is 13.8 Å². The Balaban J connectivity index is 1.96. The zero-order valence-electron chi connectivity index (χ0n) is 15.8. The van der Waals surface area contributed by atoms with E-state index in [0.29, 0.717) is 35.6 Å². The molecule has 0 amide bonds. The Bertz CT molecular complexity index is 1020. The summed E-state index contributed by atoms with van der Waals surface area (Å²) in [6.45, 7) is 5.70. The van der Waals surface area contributed by atoms with Crippen molar-refractivity contribution in [3.63, 3.8) is 0 Å². The number of allylic oxidation sites excluding steroid dienone is 2. The Hall–Kier alpha value is -3.21. The quantitative estimate of drug-likeness (QED) is 0.570. The van der Waals surface area contributed by atoms with Gasteiger partial charge < -0.3 is 9.47 Å². The topological polar surface area (TPSA) is 115 Å². The Morgan fingerprint density at radius 1 is 1.29 bits per heavy atom. The molecule has 2 heterocycles. The monoisotopic (exact) mass is 381 g/mol. The largest absolute Gasteiger partial charge is 0.454 e. The number of carbonyl (C=O) groups excluding carboxylic acids is 1. The number of hydrogen-bond acceptors (Lipinski definition) is 7. The third-order valence-electron chi connectivity index (χ3n) is 5.49. The molecule has 0 saturated heterocycles. The van der Waals surface area contributed by atoms with Crippen molar-refractivity contribution in [2.45, 2.75) is 39.5 Å². The zero-order valence-corrected chi connectivity index (χ0v) is 15.8. The van der Waals surface area contributed by atoms with E-state index in [1.807, 2.05) is 13.8 Å². The van der Waals surface area contributed by atoms with Crippen molar-refractivity contribution in [2.24, 2.45) is 16.3 Å². The second kappa shape index (κ2) is 6.16. The van der Waals surface area contributed by atoms with Crippen LogP contribution in [0.2, 0.25) is 0 Å². The lowest BCUT2D eigenvalue weighted by molar-refractivity contribution is -0.385. The molecule has 4 rings (SSSR count). The molecule has 2 aliphatic heterocycles. The number of benzene rings is 1. The van der Waals surface area contributed by atoms with Crippen molar-refractivity contribution in [1.82, 2.24) is 0 Å². The SMILES string of the molecule is CC1=NC2=C(C(=O)CC(C)(C)C2)[C@@H](c2cc3c(cc2[N+](=O)[O-])OCO3)C1C#N. The van der Waals surface area contributed by atoms with Gasteiger partial charge in [0, 0.05) is 34.9 Å². The Kier molecular flexibility index (Phi) is 4.00. The number of nitrogens with zero attached hydrogens (tertiary/aromatic N) is 3. The van der Waals surface area contributed by atoms with Crippen LogP contribution in [0.3, 0.4) is 0 Å². The summed E-state index contributed by atoms with van der Waals surface area (Å²) in [5.74, 6) is -0.961. The highest BCUT2D eigenvalue weighted by Crippen LogP contribution is 2.51. The van der Waals surface area contributed by atoms with Crippen LogP contribution in [-0.4, -0.2) is 23.2 Å². The second-order valence-corrected chi connectivity index (χ2v) is 8.16. The number of rotatable bonds is 2. The van der Waals surface area contributed by atoms with Crippen LogP contribution in [0.25, 0.3) is 0 Å². The van der Waals surface area contributed by atoms with Gasteiger partial charge in [-0.15, -0.1) is 0 Å². The number of aliphatic imine (C=N–C) groups is 1. The molecule has 28 heavy (non-hydrogen) atoms. The molecule has 8 nitrogen and oxygen atoms in total. The number of ether oxygens (including phenoxy) is 2. The van der Waals surface area contributed by atoms with E-state index in [1.165, 1.54) is 12.1 Å². The number of carbonyl (C=O) groups is 1. The number of nitro groups is 1. The van der Waals surface area contributed by atoms with Gasteiger partial charge in [0.1, 0.15) is 0 Å². The maximum Gasteiger partial charge on any atom is 0.277 e. The highest BCUT2D eigenvalue weighted by atomic mass is 16.7. The number of nitriles is 1. The summed E-state index contributed by atoms with van der Waals surface area (Å²) < 4.78 is 10.7. The van der Waals surface area contributed by atoms with Gasteiger partial charge in [-0.05, 0) is 24.8 Å². The number of nitro benzene ring substituents is 1. The van der Waals surface area contributed by atoms with Gasteiger partial charge in [-0.2, -0.15) is 5.26 Å². The van der Waals surface area contributed by atoms with Gasteiger partial charge in [-0.25, -0.2) is 0 Å². The van der Waals surface area contributed by atoms with Crippen LogP contribution in [0.15, 0.2) is 28.4 Å². The van der Waals surface area contributed by atoms with E-state index >= 15 is 0 Å². The molecular formula is C20H19N3O5. The molecule has 1 aromatic rings. The highest BCUT2D eigenvalue weighted by molar-refractivity contribution is 6.03. The van der Waals surface area contributed by atoms with Gasteiger partial charge >= 0.3 is 0 Å². The van der Waals surface area contributed by atoms with Crippen LogP contribution in [0.5, 0.6) is 11.5 Å². The third kappa shape index (κ3) is 2.74. The van der Waals surface area contributed by atoms with Crippen molar-refractivity contribution in [3.05, 3.63) is 39.1 Å². The third-order valence-corrected chi connectivity index (χ3v) is 5.49. The first-order valence-corrected chi connectivity index (χ1v) is 9.01. The predicted octanol–water partition coefficient (Wildman–Crippen LogP) is 3.66. The van der Waals surface area contributed by atoms with Crippen molar-refractivity contribution in [1.29, 1.82) is 5.26 Å². The van der Waals surface area contributed by atoms with E-state index in [0.717, 1.165) is 0 Å². The first kappa shape index (κ1) is 18.2. The standard InChI is InChI=1S/C20H19N3O5/c1-10-12(8-21)18(19-13(22-10)6-20(2,3)7-15(19)24)11-4-16-17(28-9-27-16)5-14(11)23(25)26/h4-5,12,18H,6-7,9H2,1-3H3/t12?,18-/m0/s1. The summed E-state index contributed by atoms with van der Waals surface area (Å²) in [4.78, 5) is 28.9. The fraction of sp³-hybridized carbons (Fsp3) is 0.450. The van der Waals surface area contributed by atoms with E-state index in [-0.39, 0.29) is 35.0 Å². The van der Waals surface area contributed by atoms with Crippen molar-refractivity contribution in [2.75, 3.05) is 6.79 Å². The van der Waals surface area contributed by atoms with Gasteiger partial charge in [0.25, 0.3) is 5.69 Å². The predicted molar refractivity (Wildman–Crippen MR) is 99.2 cm³/mol. The average Bonchev–Trinajstić information content (AvgIpc) is 3.05. The molecule has 3 aliphatic rings. The van der Waals surface area contributed by atoms with E-state index in [9.17, 15) is 20.2 Å². The van der Waals surface area contributed by atoms with Crippen molar-refractivity contribution >= 4 is 17.2 Å². The summed E-state index contributed by atoms with van der Waals surface area (Å²) in [6.07, 6.45) is 0.895. The summed E-state index contributed by atoms with van der Waals surface area (Å²) in [5.41, 5.74) is 1.46. The molecule has 0 fully saturated rings. The summed E-state index contributed by atoms with van der Waals surface area (Å²) >= 11 is 0. The summed E-state index contributed by atoms with van der Waals surface area (Å²) in [7, 11) is 0. The molecule has 1 unspecified atom stereocenters. The molecule has 144 valence electrons. The fourth-order valence-electron chi connectivity index (χ4n) is 4.30. The number of Topliss-reactive ketones (excluding diaryl/α,β-unsaturated/α-hetero) is 1. The van der Waals surface area contributed by atoms with Crippen LogP contribution in [0.1, 0.15) is 45.1 Å². The van der Waals surface area contributed by atoms with Gasteiger partial charge in [0.15, 0.2) is 17.3 Å². The molecule has 8 heteroatoms. The van der Waals surface area contributed by atoms with E-state index < -0.39 is 16.8 Å². The number of fused-ring (bicyclic) bond motifs is 1. The molecule has 0 aromatic heterocycles. The maximum absolute atomic E-state index is 13.0. The van der Waals surface area contributed by atoms with Crippen LogP contribution < -0.4 is 9.47 Å². The lowest BCUT2D eigenvalue weighted by atomic mass is 9.67. The Labute approximate surface area is 161 Å². The molecule has 0 bridgehead atoms. The lowest BCUT2D eigenvalue weighted by Gasteiger charge is -2.37. The highest BCUT2D eigenvalue weighted by Gasteiger charge is 2.45. The second-order valence-electron chi connectivity index (χ2n) is 8.16. The fourth-order valence-corrected chi connectivity index (χ4v) is 4.30. The van der Waals surface area contributed by atoms with Crippen molar-refractivity contribution in [3.8, 4) is 17.6 Å². The molecule has 0 N–H and O–H groups in total. The normalized spacial score (nSPS) is 25.1. The molecule has 0 spiro atoms.